The predicted molar refractivity (Wildman–Crippen MR) is 82.0 cm³/mol. The molecule has 20 heavy (non-hydrogen) atoms. The van der Waals surface area contributed by atoms with E-state index in [2.05, 4.69) is 65.3 Å². The van der Waals surface area contributed by atoms with Crippen molar-refractivity contribution in [2.24, 2.45) is 0 Å². The maximum absolute atomic E-state index is 4.68. The van der Waals surface area contributed by atoms with E-state index >= 15 is 0 Å². The van der Waals surface area contributed by atoms with Crippen LogP contribution in [0.4, 0.5) is 0 Å². The summed E-state index contributed by atoms with van der Waals surface area (Å²) in [4.78, 5) is 0. The van der Waals surface area contributed by atoms with Crippen molar-refractivity contribution in [2.45, 2.75) is 38.6 Å². The number of hydrogen-bond acceptors (Lipinski definition) is 2. The molecule has 3 nitrogen and oxygen atoms in total. The molecule has 106 valence electrons. The molecule has 1 aliphatic rings. The molecule has 3 rings (SSSR count). The van der Waals surface area contributed by atoms with E-state index in [1.54, 1.807) is 0 Å². The Labute approximate surface area is 121 Å². The summed E-state index contributed by atoms with van der Waals surface area (Å²) in [5.74, 6) is 0. The van der Waals surface area contributed by atoms with Crippen LogP contribution in [0.5, 0.6) is 0 Å². The molecule has 1 aromatic heterocycles. The summed E-state index contributed by atoms with van der Waals surface area (Å²) in [7, 11) is 0. The molecule has 0 bridgehead atoms. The monoisotopic (exact) mass is 269 g/mol. The standard InChI is InChI=1S/C17H23N3/c1-3-15-10-16(20(4-2)19-15)11-17(12-18-13-17)14-8-6-5-7-9-14/h5-10,18H,3-4,11-13H2,1-2H3. The number of nitrogens with zero attached hydrogens (tertiary/aromatic N) is 2. The minimum Gasteiger partial charge on any atom is -0.315 e. The highest BCUT2D eigenvalue weighted by atomic mass is 15.3. The summed E-state index contributed by atoms with van der Waals surface area (Å²) in [5.41, 5.74) is 4.27. The lowest BCUT2D eigenvalue weighted by Gasteiger charge is -2.43. The van der Waals surface area contributed by atoms with Crippen LogP contribution in [0, 0.1) is 0 Å². The molecule has 1 aliphatic heterocycles. The van der Waals surface area contributed by atoms with Crippen LogP contribution in [-0.4, -0.2) is 22.9 Å². The van der Waals surface area contributed by atoms with Crippen molar-refractivity contribution in [3.63, 3.8) is 0 Å². The van der Waals surface area contributed by atoms with Crippen molar-refractivity contribution in [1.29, 1.82) is 0 Å². The highest BCUT2D eigenvalue weighted by molar-refractivity contribution is 5.32. The fraction of sp³-hybridized carbons (Fsp3) is 0.471. The zero-order valence-corrected chi connectivity index (χ0v) is 12.4. The SMILES string of the molecule is CCc1cc(CC2(c3ccccc3)CNC2)n(CC)n1. The Kier molecular flexibility index (Phi) is 3.62. The minimum absolute atomic E-state index is 0.249. The maximum atomic E-state index is 4.68. The van der Waals surface area contributed by atoms with Gasteiger partial charge in [-0.3, -0.25) is 4.68 Å². The van der Waals surface area contributed by atoms with Gasteiger partial charge in [-0.05, 0) is 25.0 Å². The molecule has 1 N–H and O–H groups in total. The topological polar surface area (TPSA) is 29.9 Å². The zero-order valence-electron chi connectivity index (χ0n) is 12.4. The molecule has 2 aromatic rings. The van der Waals surface area contributed by atoms with Crippen molar-refractivity contribution in [1.82, 2.24) is 15.1 Å². The van der Waals surface area contributed by atoms with Crippen molar-refractivity contribution in [2.75, 3.05) is 13.1 Å². The maximum Gasteiger partial charge on any atom is 0.0624 e. The van der Waals surface area contributed by atoms with Crippen LogP contribution in [0.15, 0.2) is 36.4 Å². The highest BCUT2D eigenvalue weighted by Gasteiger charge is 2.39. The van der Waals surface area contributed by atoms with Crippen LogP contribution >= 0.6 is 0 Å². The first kappa shape index (κ1) is 13.4. The molecule has 0 atom stereocenters. The number of aromatic nitrogens is 2. The molecule has 1 saturated heterocycles. The first-order valence-electron chi connectivity index (χ1n) is 7.59. The average molecular weight is 269 g/mol. The average Bonchev–Trinajstić information content (AvgIpc) is 2.86. The van der Waals surface area contributed by atoms with Crippen LogP contribution in [0.1, 0.15) is 30.8 Å². The summed E-state index contributed by atoms with van der Waals surface area (Å²) in [5, 5.41) is 8.13. The largest absolute Gasteiger partial charge is 0.315 e. The molecule has 0 amide bonds. The Morgan fingerprint density at radius 2 is 1.95 bits per heavy atom. The van der Waals surface area contributed by atoms with Gasteiger partial charge in [-0.25, -0.2) is 0 Å². The lowest BCUT2D eigenvalue weighted by Crippen LogP contribution is -2.58. The van der Waals surface area contributed by atoms with Crippen molar-refractivity contribution >= 4 is 0 Å². The van der Waals surface area contributed by atoms with Crippen molar-refractivity contribution in [3.05, 3.63) is 53.3 Å². The van der Waals surface area contributed by atoms with Crippen LogP contribution in [0.25, 0.3) is 0 Å². The summed E-state index contributed by atoms with van der Waals surface area (Å²) < 4.78 is 2.17. The van der Waals surface area contributed by atoms with Gasteiger partial charge in [0.1, 0.15) is 0 Å². The van der Waals surface area contributed by atoms with E-state index in [1.165, 1.54) is 17.0 Å². The van der Waals surface area contributed by atoms with Gasteiger partial charge in [0, 0.05) is 37.2 Å². The fourth-order valence-electron chi connectivity index (χ4n) is 3.10. The second-order valence-electron chi connectivity index (χ2n) is 5.72. The molecule has 0 spiro atoms. The Bertz CT molecular complexity index is 567. The normalized spacial score (nSPS) is 16.9. The number of nitrogens with one attached hydrogen (secondary N) is 1. The molecule has 1 aromatic carbocycles. The Balaban J connectivity index is 1.90. The Morgan fingerprint density at radius 1 is 1.20 bits per heavy atom. The van der Waals surface area contributed by atoms with Gasteiger partial charge in [-0.15, -0.1) is 0 Å². The van der Waals surface area contributed by atoms with Crippen LogP contribution < -0.4 is 5.32 Å². The molecule has 2 heterocycles. The molecule has 0 saturated carbocycles. The highest BCUT2D eigenvalue weighted by Crippen LogP contribution is 2.32. The first-order chi connectivity index (χ1) is 9.77. The zero-order chi connectivity index (χ0) is 14.0. The lowest BCUT2D eigenvalue weighted by atomic mass is 9.72. The van der Waals surface area contributed by atoms with Gasteiger partial charge in [-0.1, -0.05) is 37.3 Å². The third kappa shape index (κ3) is 2.27. The van der Waals surface area contributed by atoms with E-state index in [0.29, 0.717) is 0 Å². The van der Waals surface area contributed by atoms with Gasteiger partial charge in [0.2, 0.25) is 0 Å². The number of aryl methyl sites for hydroxylation is 2. The van der Waals surface area contributed by atoms with Gasteiger partial charge in [0.05, 0.1) is 5.69 Å². The van der Waals surface area contributed by atoms with Crippen LogP contribution in [0.2, 0.25) is 0 Å². The Hall–Kier alpha value is -1.61. The van der Waals surface area contributed by atoms with E-state index in [1.807, 2.05) is 0 Å². The third-order valence-corrected chi connectivity index (χ3v) is 4.41. The Morgan fingerprint density at radius 3 is 2.50 bits per heavy atom. The first-order valence-corrected chi connectivity index (χ1v) is 7.59. The van der Waals surface area contributed by atoms with Crippen molar-refractivity contribution < 1.29 is 0 Å². The molecule has 3 heteroatoms. The molecule has 0 unspecified atom stereocenters. The fourth-order valence-corrected chi connectivity index (χ4v) is 3.10. The molecule has 1 fully saturated rings. The van der Waals surface area contributed by atoms with E-state index in [0.717, 1.165) is 32.5 Å². The molecule has 0 radical (unpaired) electrons. The van der Waals surface area contributed by atoms with Gasteiger partial charge in [0.25, 0.3) is 0 Å². The lowest BCUT2D eigenvalue weighted by molar-refractivity contribution is 0.269. The van der Waals surface area contributed by atoms with Gasteiger partial charge in [-0.2, -0.15) is 5.10 Å². The second kappa shape index (κ2) is 5.41. The van der Waals surface area contributed by atoms with Crippen LogP contribution in [0.3, 0.4) is 0 Å². The third-order valence-electron chi connectivity index (χ3n) is 4.41. The van der Waals surface area contributed by atoms with Gasteiger partial charge in [0.15, 0.2) is 0 Å². The summed E-state index contributed by atoms with van der Waals surface area (Å²) in [6.07, 6.45) is 2.08. The summed E-state index contributed by atoms with van der Waals surface area (Å²) >= 11 is 0. The summed E-state index contributed by atoms with van der Waals surface area (Å²) in [6, 6.07) is 13.2. The van der Waals surface area contributed by atoms with E-state index in [-0.39, 0.29) is 5.41 Å². The molecule has 0 aliphatic carbocycles. The quantitative estimate of drug-likeness (QED) is 0.904. The van der Waals surface area contributed by atoms with E-state index in [9.17, 15) is 0 Å². The number of hydrogen-bond donors (Lipinski definition) is 1. The number of rotatable bonds is 5. The minimum atomic E-state index is 0.249. The second-order valence-corrected chi connectivity index (χ2v) is 5.72. The molecular weight excluding hydrogens is 246 g/mol. The number of benzene rings is 1. The van der Waals surface area contributed by atoms with Crippen molar-refractivity contribution in [3.8, 4) is 0 Å². The van der Waals surface area contributed by atoms with Gasteiger partial charge >= 0.3 is 0 Å². The predicted octanol–water partition coefficient (Wildman–Crippen LogP) is 2.55. The van der Waals surface area contributed by atoms with Gasteiger partial charge < -0.3 is 5.32 Å². The van der Waals surface area contributed by atoms with E-state index < -0.39 is 0 Å². The van der Waals surface area contributed by atoms with Crippen LogP contribution in [-0.2, 0) is 24.8 Å². The van der Waals surface area contributed by atoms with E-state index in [4.69, 9.17) is 0 Å². The smallest absolute Gasteiger partial charge is 0.0624 e. The summed E-state index contributed by atoms with van der Waals surface area (Å²) in [6.45, 7) is 7.42. The molecular formula is C17H23N3.